The van der Waals surface area contributed by atoms with Crippen LogP contribution in [-0.2, 0) is 0 Å². The number of rotatable bonds is 3. The lowest BCUT2D eigenvalue weighted by molar-refractivity contribution is 0.0897. The highest BCUT2D eigenvalue weighted by Gasteiger charge is 2.39. The van der Waals surface area contributed by atoms with Crippen LogP contribution in [0.5, 0.6) is 0 Å². The highest BCUT2D eigenvalue weighted by atomic mass is 16.4. The molecule has 1 heterocycles. The number of carbonyl (C=O) groups is 1. The molecule has 1 aromatic heterocycles. The topological polar surface area (TPSA) is 101 Å². The standard InChI is InChI=1S/C14H20N4O2/c1-10-4-6-14(7-5-10,13(15)18-20)17-12(19)11-3-2-8-16-9-11/h2-3,8-10,20H,4-7H2,1H3,(H2,15,18)(H,17,19). The van der Waals surface area contributed by atoms with E-state index in [9.17, 15) is 4.79 Å². The van der Waals surface area contributed by atoms with Crippen molar-refractivity contribution in [2.45, 2.75) is 38.1 Å². The van der Waals surface area contributed by atoms with Crippen LogP contribution in [-0.4, -0.2) is 27.5 Å². The summed E-state index contributed by atoms with van der Waals surface area (Å²) in [6.07, 6.45) is 6.33. The van der Waals surface area contributed by atoms with E-state index in [1.54, 1.807) is 18.3 Å². The number of carbonyl (C=O) groups excluding carboxylic acids is 1. The third-order valence-electron chi connectivity index (χ3n) is 4.00. The van der Waals surface area contributed by atoms with E-state index in [0.29, 0.717) is 24.3 Å². The monoisotopic (exact) mass is 276 g/mol. The molecular formula is C14H20N4O2. The van der Waals surface area contributed by atoms with Crippen LogP contribution in [0.4, 0.5) is 0 Å². The molecule has 1 amide bonds. The maximum absolute atomic E-state index is 12.3. The number of nitrogens with zero attached hydrogens (tertiary/aromatic N) is 2. The maximum atomic E-state index is 12.3. The number of amidine groups is 1. The lowest BCUT2D eigenvalue weighted by Gasteiger charge is -2.38. The van der Waals surface area contributed by atoms with Crippen molar-refractivity contribution < 1.29 is 10.0 Å². The van der Waals surface area contributed by atoms with Crippen LogP contribution in [0.25, 0.3) is 0 Å². The van der Waals surface area contributed by atoms with Crippen LogP contribution < -0.4 is 11.1 Å². The Labute approximate surface area is 118 Å². The fourth-order valence-electron chi connectivity index (χ4n) is 2.58. The first kappa shape index (κ1) is 14.3. The summed E-state index contributed by atoms with van der Waals surface area (Å²) in [7, 11) is 0. The Hall–Kier alpha value is -2.11. The van der Waals surface area contributed by atoms with E-state index >= 15 is 0 Å². The average molecular weight is 276 g/mol. The van der Waals surface area contributed by atoms with Crippen LogP contribution in [0, 0.1) is 5.92 Å². The molecule has 6 heteroatoms. The largest absolute Gasteiger partial charge is 0.409 e. The zero-order valence-electron chi connectivity index (χ0n) is 11.5. The Bertz CT molecular complexity index is 493. The molecule has 0 saturated heterocycles. The van der Waals surface area contributed by atoms with Crippen molar-refractivity contribution in [1.82, 2.24) is 10.3 Å². The third kappa shape index (κ3) is 2.89. The molecule has 1 aliphatic carbocycles. The van der Waals surface area contributed by atoms with Gasteiger partial charge in [-0.2, -0.15) is 0 Å². The quantitative estimate of drug-likeness (QED) is 0.337. The number of amides is 1. The van der Waals surface area contributed by atoms with E-state index in [1.807, 2.05) is 0 Å². The molecule has 0 aliphatic heterocycles. The predicted octanol–water partition coefficient (Wildman–Crippen LogP) is 1.51. The second-order valence-electron chi connectivity index (χ2n) is 5.45. The number of hydrogen-bond donors (Lipinski definition) is 3. The summed E-state index contributed by atoms with van der Waals surface area (Å²) in [5.74, 6) is 0.408. The van der Waals surface area contributed by atoms with E-state index in [4.69, 9.17) is 10.9 Å². The van der Waals surface area contributed by atoms with Gasteiger partial charge < -0.3 is 16.3 Å². The van der Waals surface area contributed by atoms with Gasteiger partial charge in [0.1, 0.15) is 5.54 Å². The molecule has 1 fully saturated rings. The highest BCUT2D eigenvalue weighted by Crippen LogP contribution is 2.32. The van der Waals surface area contributed by atoms with Gasteiger partial charge in [0.25, 0.3) is 5.91 Å². The molecule has 0 radical (unpaired) electrons. The molecule has 0 spiro atoms. The van der Waals surface area contributed by atoms with Gasteiger partial charge in [-0.25, -0.2) is 0 Å². The van der Waals surface area contributed by atoms with Crippen molar-refractivity contribution in [2.75, 3.05) is 0 Å². The lowest BCUT2D eigenvalue weighted by Crippen LogP contribution is -2.59. The van der Waals surface area contributed by atoms with E-state index in [1.165, 1.54) is 6.20 Å². The highest BCUT2D eigenvalue weighted by molar-refractivity contribution is 6.00. The normalized spacial score (nSPS) is 27.1. The molecule has 1 aliphatic rings. The van der Waals surface area contributed by atoms with E-state index in [2.05, 4.69) is 22.4 Å². The van der Waals surface area contributed by atoms with E-state index in [0.717, 1.165) is 12.8 Å². The minimum Gasteiger partial charge on any atom is -0.409 e. The van der Waals surface area contributed by atoms with Gasteiger partial charge in [-0.15, -0.1) is 0 Å². The first-order valence-corrected chi connectivity index (χ1v) is 6.78. The first-order valence-electron chi connectivity index (χ1n) is 6.78. The van der Waals surface area contributed by atoms with Crippen molar-refractivity contribution >= 4 is 11.7 Å². The number of oxime groups is 1. The fourth-order valence-corrected chi connectivity index (χ4v) is 2.58. The summed E-state index contributed by atoms with van der Waals surface area (Å²) in [5, 5.41) is 15.0. The molecule has 1 aromatic rings. The Kier molecular flexibility index (Phi) is 4.22. The maximum Gasteiger partial charge on any atom is 0.253 e. The molecular weight excluding hydrogens is 256 g/mol. The zero-order chi connectivity index (χ0) is 14.6. The van der Waals surface area contributed by atoms with Gasteiger partial charge in [-0.1, -0.05) is 12.1 Å². The molecule has 0 unspecified atom stereocenters. The molecule has 20 heavy (non-hydrogen) atoms. The minimum absolute atomic E-state index is 0.0710. The molecule has 108 valence electrons. The third-order valence-corrected chi connectivity index (χ3v) is 4.00. The zero-order valence-corrected chi connectivity index (χ0v) is 11.5. The van der Waals surface area contributed by atoms with E-state index in [-0.39, 0.29) is 11.7 Å². The minimum atomic E-state index is -0.756. The first-order chi connectivity index (χ1) is 9.57. The summed E-state index contributed by atoms with van der Waals surface area (Å²) in [6, 6.07) is 3.39. The van der Waals surface area contributed by atoms with Gasteiger partial charge in [0.15, 0.2) is 5.84 Å². The van der Waals surface area contributed by atoms with E-state index < -0.39 is 5.54 Å². The molecule has 2 rings (SSSR count). The van der Waals surface area contributed by atoms with Gasteiger partial charge in [0.05, 0.1) is 5.56 Å². The van der Waals surface area contributed by atoms with Crippen LogP contribution in [0.3, 0.4) is 0 Å². The van der Waals surface area contributed by atoms with Crippen LogP contribution in [0.15, 0.2) is 29.7 Å². The summed E-state index contributed by atoms with van der Waals surface area (Å²) in [4.78, 5) is 16.2. The van der Waals surface area contributed by atoms with Crippen LogP contribution in [0.2, 0.25) is 0 Å². The lowest BCUT2D eigenvalue weighted by atomic mass is 9.76. The summed E-state index contributed by atoms with van der Waals surface area (Å²) < 4.78 is 0. The van der Waals surface area contributed by atoms with Crippen molar-refractivity contribution in [3.63, 3.8) is 0 Å². The van der Waals surface area contributed by atoms with Crippen LogP contribution in [0.1, 0.15) is 43.0 Å². The van der Waals surface area contributed by atoms with Crippen LogP contribution >= 0.6 is 0 Å². The number of hydrogen-bond acceptors (Lipinski definition) is 4. The van der Waals surface area contributed by atoms with Gasteiger partial charge in [0.2, 0.25) is 0 Å². The SMILES string of the molecule is CC1CCC(NC(=O)c2cccnc2)(/C(N)=N/O)CC1. The van der Waals surface area contributed by atoms with Crippen molar-refractivity contribution in [3.05, 3.63) is 30.1 Å². The van der Waals surface area contributed by atoms with Crippen molar-refractivity contribution in [2.24, 2.45) is 16.8 Å². The van der Waals surface area contributed by atoms with Crippen molar-refractivity contribution in [3.8, 4) is 0 Å². The summed E-state index contributed by atoms with van der Waals surface area (Å²) in [5.41, 5.74) is 5.54. The molecule has 6 nitrogen and oxygen atoms in total. The molecule has 0 atom stereocenters. The number of aromatic nitrogens is 1. The summed E-state index contributed by atoms with van der Waals surface area (Å²) in [6.45, 7) is 2.17. The van der Waals surface area contributed by atoms with Crippen molar-refractivity contribution in [1.29, 1.82) is 0 Å². The molecule has 0 aromatic carbocycles. The summed E-state index contributed by atoms with van der Waals surface area (Å²) >= 11 is 0. The smallest absolute Gasteiger partial charge is 0.253 e. The fraction of sp³-hybridized carbons (Fsp3) is 0.500. The number of nitrogens with two attached hydrogens (primary N) is 1. The van der Waals surface area contributed by atoms with Gasteiger partial charge in [-0.05, 0) is 43.7 Å². The van der Waals surface area contributed by atoms with Gasteiger partial charge >= 0.3 is 0 Å². The van der Waals surface area contributed by atoms with Gasteiger partial charge in [-0.3, -0.25) is 9.78 Å². The Morgan fingerprint density at radius 3 is 2.80 bits per heavy atom. The molecule has 1 saturated carbocycles. The number of nitrogens with one attached hydrogen (secondary N) is 1. The Morgan fingerprint density at radius 1 is 1.55 bits per heavy atom. The number of pyridine rings is 1. The predicted molar refractivity (Wildman–Crippen MR) is 75.5 cm³/mol. The second kappa shape index (κ2) is 5.90. The average Bonchev–Trinajstić information content (AvgIpc) is 2.49. The van der Waals surface area contributed by atoms with Gasteiger partial charge in [0, 0.05) is 12.4 Å². The second-order valence-corrected chi connectivity index (χ2v) is 5.45. The Balaban J connectivity index is 2.19. The Morgan fingerprint density at radius 2 is 2.25 bits per heavy atom. The molecule has 4 N–H and O–H groups in total. The molecule has 0 bridgehead atoms.